The minimum absolute atomic E-state index is 0.0980. The van der Waals surface area contributed by atoms with Crippen molar-refractivity contribution in [3.8, 4) is 0 Å². The highest BCUT2D eigenvalue weighted by molar-refractivity contribution is 7.99. The van der Waals surface area contributed by atoms with E-state index in [2.05, 4.69) is 9.97 Å². The van der Waals surface area contributed by atoms with Crippen molar-refractivity contribution in [2.24, 2.45) is 0 Å². The molecule has 0 saturated heterocycles. The van der Waals surface area contributed by atoms with Gasteiger partial charge < -0.3 is 9.47 Å². The van der Waals surface area contributed by atoms with E-state index in [1.54, 1.807) is 30.4 Å². The molecule has 5 heteroatoms. The molecule has 1 heterocycles. The van der Waals surface area contributed by atoms with Crippen LogP contribution < -0.4 is 0 Å². The second kappa shape index (κ2) is 8.50. The number of thioether (sulfide) groups is 1. The first-order valence-electron chi connectivity index (χ1n) is 5.48. The van der Waals surface area contributed by atoms with E-state index < -0.39 is 0 Å². The van der Waals surface area contributed by atoms with Crippen LogP contribution in [0.15, 0.2) is 23.6 Å². The third kappa shape index (κ3) is 5.44. The number of hydrogen-bond donors (Lipinski definition) is 0. The van der Waals surface area contributed by atoms with Crippen molar-refractivity contribution in [2.75, 3.05) is 19.0 Å². The van der Waals surface area contributed by atoms with Crippen LogP contribution in [0.1, 0.15) is 20.3 Å². The first-order chi connectivity index (χ1) is 7.86. The van der Waals surface area contributed by atoms with Gasteiger partial charge in [0.05, 0.1) is 6.20 Å². The summed E-state index contributed by atoms with van der Waals surface area (Å²) >= 11 is 1.67. The van der Waals surface area contributed by atoms with Gasteiger partial charge in [0.1, 0.15) is 5.03 Å². The Morgan fingerprint density at radius 1 is 1.25 bits per heavy atom. The van der Waals surface area contributed by atoms with E-state index >= 15 is 0 Å². The fourth-order valence-corrected chi connectivity index (χ4v) is 2.00. The zero-order valence-electron chi connectivity index (χ0n) is 9.76. The molecular weight excluding hydrogens is 224 g/mol. The van der Waals surface area contributed by atoms with Gasteiger partial charge in [0.2, 0.25) is 0 Å². The molecule has 0 bridgehead atoms. The van der Waals surface area contributed by atoms with Crippen LogP contribution in [0.5, 0.6) is 0 Å². The summed E-state index contributed by atoms with van der Waals surface area (Å²) in [6.45, 7) is 5.31. The normalized spacial score (nSPS) is 10.9. The van der Waals surface area contributed by atoms with Crippen LogP contribution in [-0.4, -0.2) is 35.2 Å². The van der Waals surface area contributed by atoms with E-state index in [9.17, 15) is 0 Å². The maximum atomic E-state index is 5.45. The van der Waals surface area contributed by atoms with Gasteiger partial charge in [-0.1, -0.05) is 0 Å². The minimum Gasteiger partial charge on any atom is -0.353 e. The molecule has 0 N–H and O–H groups in total. The highest BCUT2D eigenvalue weighted by Crippen LogP contribution is 2.16. The van der Waals surface area contributed by atoms with Crippen molar-refractivity contribution in [1.29, 1.82) is 0 Å². The van der Waals surface area contributed by atoms with Crippen LogP contribution in [0.3, 0.4) is 0 Å². The van der Waals surface area contributed by atoms with Crippen LogP contribution in [0.4, 0.5) is 0 Å². The third-order valence-electron chi connectivity index (χ3n) is 1.85. The van der Waals surface area contributed by atoms with E-state index in [-0.39, 0.29) is 6.29 Å². The number of aromatic nitrogens is 2. The van der Waals surface area contributed by atoms with Gasteiger partial charge in [-0.05, 0) is 13.8 Å². The van der Waals surface area contributed by atoms with Crippen molar-refractivity contribution in [3.63, 3.8) is 0 Å². The average molecular weight is 242 g/mol. The molecule has 4 nitrogen and oxygen atoms in total. The Hall–Kier alpha value is -0.650. The molecule has 0 atom stereocenters. The number of hydrogen-bond acceptors (Lipinski definition) is 5. The van der Waals surface area contributed by atoms with Gasteiger partial charge in [0, 0.05) is 37.8 Å². The summed E-state index contributed by atoms with van der Waals surface area (Å²) in [4.78, 5) is 8.20. The molecule has 0 radical (unpaired) electrons. The number of ether oxygens (including phenoxy) is 2. The molecule has 16 heavy (non-hydrogen) atoms. The van der Waals surface area contributed by atoms with Crippen molar-refractivity contribution >= 4 is 11.8 Å². The maximum Gasteiger partial charge on any atom is 0.158 e. The Bertz CT molecular complexity index is 266. The molecule has 0 unspecified atom stereocenters. The molecule has 0 amide bonds. The van der Waals surface area contributed by atoms with Crippen molar-refractivity contribution in [3.05, 3.63) is 18.6 Å². The average Bonchev–Trinajstić information content (AvgIpc) is 2.31. The summed E-state index contributed by atoms with van der Waals surface area (Å²) in [6.07, 6.45) is 5.90. The summed E-state index contributed by atoms with van der Waals surface area (Å²) in [6, 6.07) is 0. The number of rotatable bonds is 8. The number of nitrogens with zero attached hydrogens (tertiary/aromatic N) is 2. The van der Waals surface area contributed by atoms with Crippen molar-refractivity contribution in [1.82, 2.24) is 9.97 Å². The predicted octanol–water partition coefficient (Wildman–Crippen LogP) is 2.36. The molecule has 1 aromatic rings. The fourth-order valence-electron chi connectivity index (χ4n) is 1.21. The van der Waals surface area contributed by atoms with Gasteiger partial charge in [-0.25, -0.2) is 4.98 Å². The molecule has 0 fully saturated rings. The Morgan fingerprint density at radius 2 is 2.00 bits per heavy atom. The monoisotopic (exact) mass is 242 g/mol. The first-order valence-corrected chi connectivity index (χ1v) is 6.47. The van der Waals surface area contributed by atoms with Crippen molar-refractivity contribution in [2.45, 2.75) is 31.6 Å². The fraction of sp³-hybridized carbons (Fsp3) is 0.636. The second-order valence-corrected chi connectivity index (χ2v) is 4.14. The van der Waals surface area contributed by atoms with E-state index in [0.29, 0.717) is 13.2 Å². The second-order valence-electron chi connectivity index (χ2n) is 3.02. The van der Waals surface area contributed by atoms with Crippen LogP contribution in [-0.2, 0) is 9.47 Å². The molecule has 1 aromatic heterocycles. The summed E-state index contributed by atoms with van der Waals surface area (Å²) in [5, 5.41) is 0.939. The van der Waals surface area contributed by atoms with Gasteiger partial charge in [-0.15, -0.1) is 11.8 Å². The largest absolute Gasteiger partial charge is 0.353 e. The minimum atomic E-state index is -0.0980. The van der Waals surface area contributed by atoms with Crippen LogP contribution in [0, 0.1) is 0 Å². The van der Waals surface area contributed by atoms with E-state index in [1.165, 1.54) is 0 Å². The zero-order chi connectivity index (χ0) is 11.6. The van der Waals surface area contributed by atoms with Gasteiger partial charge in [0.15, 0.2) is 6.29 Å². The lowest BCUT2D eigenvalue weighted by atomic mass is 10.5. The van der Waals surface area contributed by atoms with Crippen LogP contribution >= 0.6 is 11.8 Å². The summed E-state index contributed by atoms with van der Waals surface area (Å²) in [5.41, 5.74) is 0. The molecule has 0 aromatic carbocycles. The molecule has 1 rings (SSSR count). The van der Waals surface area contributed by atoms with E-state index in [1.807, 2.05) is 13.8 Å². The van der Waals surface area contributed by atoms with Crippen LogP contribution in [0.25, 0.3) is 0 Å². The van der Waals surface area contributed by atoms with Gasteiger partial charge >= 0.3 is 0 Å². The Balaban J connectivity index is 2.22. The van der Waals surface area contributed by atoms with Gasteiger partial charge in [-0.3, -0.25) is 4.98 Å². The Morgan fingerprint density at radius 3 is 2.56 bits per heavy atom. The van der Waals surface area contributed by atoms with E-state index in [4.69, 9.17) is 9.47 Å². The summed E-state index contributed by atoms with van der Waals surface area (Å²) in [5.74, 6) is 0.920. The maximum absolute atomic E-state index is 5.45. The molecule has 0 saturated carbocycles. The molecule has 0 aliphatic heterocycles. The highest BCUT2D eigenvalue weighted by atomic mass is 32.2. The molecule has 0 spiro atoms. The smallest absolute Gasteiger partial charge is 0.158 e. The molecule has 0 aliphatic rings. The Kier molecular flexibility index (Phi) is 7.12. The zero-order valence-corrected chi connectivity index (χ0v) is 10.6. The summed E-state index contributed by atoms with van der Waals surface area (Å²) in [7, 11) is 0. The third-order valence-corrected chi connectivity index (χ3v) is 2.79. The van der Waals surface area contributed by atoms with Crippen molar-refractivity contribution < 1.29 is 9.47 Å². The lowest BCUT2D eigenvalue weighted by Crippen LogP contribution is -2.18. The van der Waals surface area contributed by atoms with Gasteiger partial charge in [-0.2, -0.15) is 0 Å². The Labute approximate surface area is 101 Å². The van der Waals surface area contributed by atoms with Crippen LogP contribution in [0.2, 0.25) is 0 Å². The standard InChI is InChI=1S/C11H18N2O2S/c1-3-14-11(15-4-2)5-8-16-10-9-12-6-7-13-10/h6-7,9,11H,3-5,8H2,1-2H3. The lowest BCUT2D eigenvalue weighted by molar-refractivity contribution is -0.136. The van der Waals surface area contributed by atoms with E-state index in [0.717, 1.165) is 17.2 Å². The topological polar surface area (TPSA) is 44.2 Å². The quantitative estimate of drug-likeness (QED) is 0.517. The molecule has 0 aliphatic carbocycles. The van der Waals surface area contributed by atoms with Gasteiger partial charge in [0.25, 0.3) is 0 Å². The first kappa shape index (κ1) is 13.4. The molecular formula is C11H18N2O2S. The SMILES string of the molecule is CCOC(CCSc1cnccn1)OCC. The lowest BCUT2D eigenvalue weighted by Gasteiger charge is -2.16. The molecule has 90 valence electrons. The summed E-state index contributed by atoms with van der Waals surface area (Å²) < 4.78 is 10.9. The highest BCUT2D eigenvalue weighted by Gasteiger charge is 2.07. The predicted molar refractivity (Wildman–Crippen MR) is 64.4 cm³/mol.